The Bertz CT molecular complexity index is 244. The first-order chi connectivity index (χ1) is 8.06. The second kappa shape index (κ2) is 8.98. The van der Waals surface area contributed by atoms with Crippen LogP contribution in [-0.2, 0) is 9.59 Å². The third kappa shape index (κ3) is 6.26. The number of carbonyl (C=O) groups excluding carboxylic acids is 2. The van der Waals surface area contributed by atoms with Crippen molar-refractivity contribution in [3.05, 3.63) is 0 Å². The van der Waals surface area contributed by atoms with Crippen molar-refractivity contribution < 1.29 is 9.59 Å². The number of nitrogens with zero attached hydrogens (tertiary/aromatic N) is 1. The van der Waals surface area contributed by atoms with Crippen molar-refractivity contribution in [2.75, 3.05) is 20.1 Å². The Morgan fingerprint density at radius 2 is 1.94 bits per heavy atom. The molecule has 1 unspecified atom stereocenters. The van der Waals surface area contributed by atoms with Crippen LogP contribution in [0, 0.1) is 0 Å². The zero-order chi connectivity index (χ0) is 13.3. The average molecular weight is 243 g/mol. The van der Waals surface area contributed by atoms with Crippen molar-refractivity contribution in [2.45, 2.75) is 45.6 Å². The largest absolute Gasteiger partial charge is 0.358 e. The van der Waals surface area contributed by atoms with Gasteiger partial charge in [-0.05, 0) is 12.8 Å². The quantitative estimate of drug-likeness (QED) is 0.651. The van der Waals surface area contributed by atoms with E-state index in [1.807, 2.05) is 6.92 Å². The normalized spacial score (nSPS) is 12.0. The fourth-order valence-electron chi connectivity index (χ4n) is 1.57. The summed E-state index contributed by atoms with van der Waals surface area (Å²) in [7, 11) is 1.56. The molecule has 0 saturated heterocycles. The summed E-state index contributed by atoms with van der Waals surface area (Å²) in [5.74, 6) is -0.279. The highest BCUT2D eigenvalue weighted by molar-refractivity contribution is 5.87. The second-order valence-corrected chi connectivity index (χ2v) is 4.18. The number of carbonyl (C=O) groups is 2. The van der Waals surface area contributed by atoms with E-state index in [0.29, 0.717) is 13.0 Å². The maximum Gasteiger partial charge on any atom is 0.239 e. The van der Waals surface area contributed by atoms with Crippen molar-refractivity contribution in [1.29, 1.82) is 0 Å². The van der Waals surface area contributed by atoms with E-state index in [2.05, 4.69) is 12.2 Å². The predicted octanol–water partition coefficient (Wildman–Crippen LogP) is 0.489. The van der Waals surface area contributed by atoms with Gasteiger partial charge in [0.05, 0.1) is 12.6 Å². The van der Waals surface area contributed by atoms with E-state index in [0.717, 1.165) is 19.3 Å². The smallest absolute Gasteiger partial charge is 0.239 e. The summed E-state index contributed by atoms with van der Waals surface area (Å²) in [5, 5.41) is 2.52. The number of hydrogen-bond donors (Lipinski definition) is 2. The standard InChI is InChI=1S/C12H25N3O2/c1-4-6-7-10(13)12(17)15(8-5-2)9-11(16)14-3/h10H,4-9,13H2,1-3H3,(H,14,16). The molecule has 0 rings (SSSR count). The second-order valence-electron chi connectivity index (χ2n) is 4.18. The lowest BCUT2D eigenvalue weighted by molar-refractivity contribution is -0.137. The molecule has 0 aliphatic rings. The molecular weight excluding hydrogens is 218 g/mol. The zero-order valence-electron chi connectivity index (χ0n) is 11.2. The maximum absolute atomic E-state index is 12.0. The van der Waals surface area contributed by atoms with Crippen LogP contribution in [0.1, 0.15) is 39.5 Å². The molecule has 5 heteroatoms. The van der Waals surface area contributed by atoms with Gasteiger partial charge in [0, 0.05) is 13.6 Å². The number of nitrogens with two attached hydrogens (primary N) is 1. The minimum absolute atomic E-state index is 0.100. The molecule has 5 nitrogen and oxygen atoms in total. The molecule has 0 heterocycles. The molecule has 0 aromatic carbocycles. The highest BCUT2D eigenvalue weighted by Gasteiger charge is 2.21. The Labute approximate surface area is 104 Å². The van der Waals surface area contributed by atoms with Crippen molar-refractivity contribution >= 4 is 11.8 Å². The molecule has 17 heavy (non-hydrogen) atoms. The van der Waals surface area contributed by atoms with Crippen LogP contribution in [0.15, 0.2) is 0 Å². The monoisotopic (exact) mass is 243 g/mol. The molecular formula is C12H25N3O2. The number of rotatable bonds is 8. The SMILES string of the molecule is CCCCC(N)C(=O)N(CCC)CC(=O)NC. The third-order valence-corrected chi connectivity index (χ3v) is 2.60. The molecule has 0 aliphatic carbocycles. The molecule has 0 aromatic heterocycles. The van der Waals surface area contributed by atoms with E-state index in [-0.39, 0.29) is 18.4 Å². The van der Waals surface area contributed by atoms with Crippen LogP contribution < -0.4 is 11.1 Å². The van der Waals surface area contributed by atoms with E-state index in [1.54, 1.807) is 11.9 Å². The van der Waals surface area contributed by atoms with Crippen LogP contribution >= 0.6 is 0 Å². The molecule has 0 bridgehead atoms. The number of amides is 2. The van der Waals surface area contributed by atoms with Crippen molar-refractivity contribution in [3.8, 4) is 0 Å². The van der Waals surface area contributed by atoms with Crippen LogP contribution in [0.25, 0.3) is 0 Å². The predicted molar refractivity (Wildman–Crippen MR) is 68.4 cm³/mol. The Balaban J connectivity index is 4.36. The van der Waals surface area contributed by atoms with Crippen molar-refractivity contribution in [1.82, 2.24) is 10.2 Å². The van der Waals surface area contributed by atoms with Crippen LogP contribution in [0.5, 0.6) is 0 Å². The Morgan fingerprint density at radius 3 is 2.41 bits per heavy atom. The fourth-order valence-corrected chi connectivity index (χ4v) is 1.57. The number of nitrogens with one attached hydrogen (secondary N) is 1. The van der Waals surface area contributed by atoms with Gasteiger partial charge in [0.1, 0.15) is 0 Å². The summed E-state index contributed by atoms with van der Waals surface area (Å²) in [6.45, 7) is 4.71. The Hall–Kier alpha value is -1.10. The highest BCUT2D eigenvalue weighted by Crippen LogP contribution is 2.03. The molecule has 2 amide bonds. The molecule has 0 saturated carbocycles. The first-order valence-electron chi connectivity index (χ1n) is 6.31. The molecule has 0 aromatic rings. The van der Waals surface area contributed by atoms with E-state index in [1.165, 1.54) is 0 Å². The lowest BCUT2D eigenvalue weighted by Crippen LogP contribution is -2.47. The summed E-state index contributed by atoms with van der Waals surface area (Å²) in [5.41, 5.74) is 5.83. The first-order valence-corrected chi connectivity index (χ1v) is 6.31. The van der Waals surface area contributed by atoms with Crippen LogP contribution in [0.2, 0.25) is 0 Å². The van der Waals surface area contributed by atoms with E-state index < -0.39 is 6.04 Å². The van der Waals surface area contributed by atoms with Gasteiger partial charge in [-0.1, -0.05) is 26.7 Å². The highest BCUT2D eigenvalue weighted by atomic mass is 16.2. The van der Waals surface area contributed by atoms with Gasteiger partial charge in [0.2, 0.25) is 11.8 Å². The number of likely N-dealkylation sites (N-methyl/N-ethyl adjacent to an activating group) is 1. The number of hydrogen-bond acceptors (Lipinski definition) is 3. The summed E-state index contributed by atoms with van der Waals surface area (Å²) < 4.78 is 0. The molecule has 1 atom stereocenters. The van der Waals surface area contributed by atoms with Gasteiger partial charge in [-0.3, -0.25) is 9.59 Å². The fraction of sp³-hybridized carbons (Fsp3) is 0.833. The third-order valence-electron chi connectivity index (χ3n) is 2.60. The summed E-state index contributed by atoms with van der Waals surface area (Å²) >= 11 is 0. The maximum atomic E-state index is 12.0. The molecule has 0 radical (unpaired) electrons. The van der Waals surface area contributed by atoms with Crippen LogP contribution in [0.4, 0.5) is 0 Å². The van der Waals surface area contributed by atoms with Gasteiger partial charge >= 0.3 is 0 Å². The Kier molecular flexibility index (Phi) is 8.40. The summed E-state index contributed by atoms with van der Waals surface area (Å²) in [4.78, 5) is 24.8. The van der Waals surface area contributed by atoms with Crippen LogP contribution in [0.3, 0.4) is 0 Å². The van der Waals surface area contributed by atoms with Gasteiger partial charge in [-0.2, -0.15) is 0 Å². The van der Waals surface area contributed by atoms with E-state index >= 15 is 0 Å². The Morgan fingerprint density at radius 1 is 1.29 bits per heavy atom. The molecule has 100 valence electrons. The number of unbranched alkanes of at least 4 members (excludes halogenated alkanes) is 1. The minimum atomic E-state index is -0.480. The van der Waals surface area contributed by atoms with E-state index in [4.69, 9.17) is 5.73 Å². The first kappa shape index (κ1) is 15.9. The summed E-state index contributed by atoms with van der Waals surface area (Å²) in [6, 6.07) is -0.480. The van der Waals surface area contributed by atoms with Crippen LogP contribution in [-0.4, -0.2) is 42.9 Å². The lowest BCUT2D eigenvalue weighted by Gasteiger charge is -2.24. The zero-order valence-corrected chi connectivity index (χ0v) is 11.2. The molecule has 0 fully saturated rings. The summed E-state index contributed by atoms with van der Waals surface area (Å²) in [6.07, 6.45) is 3.46. The van der Waals surface area contributed by atoms with Gasteiger partial charge in [0.15, 0.2) is 0 Å². The minimum Gasteiger partial charge on any atom is -0.358 e. The van der Waals surface area contributed by atoms with Crippen molar-refractivity contribution in [3.63, 3.8) is 0 Å². The van der Waals surface area contributed by atoms with Gasteiger partial charge in [-0.15, -0.1) is 0 Å². The average Bonchev–Trinajstić information content (AvgIpc) is 2.34. The molecule has 0 aliphatic heterocycles. The lowest BCUT2D eigenvalue weighted by atomic mass is 10.1. The topological polar surface area (TPSA) is 75.4 Å². The van der Waals surface area contributed by atoms with Crippen molar-refractivity contribution in [2.24, 2.45) is 5.73 Å². The van der Waals surface area contributed by atoms with Gasteiger partial charge in [-0.25, -0.2) is 0 Å². The molecule has 3 N–H and O–H groups in total. The van der Waals surface area contributed by atoms with Gasteiger partial charge < -0.3 is 16.0 Å². The van der Waals surface area contributed by atoms with Gasteiger partial charge in [0.25, 0.3) is 0 Å². The molecule has 0 spiro atoms. The van der Waals surface area contributed by atoms with E-state index in [9.17, 15) is 9.59 Å².